The van der Waals surface area contributed by atoms with Crippen LogP contribution in [0.5, 0.6) is 0 Å². The molecule has 3 rings (SSSR count). The average molecular weight is 349 g/mol. The summed E-state index contributed by atoms with van der Waals surface area (Å²) in [6.07, 6.45) is 5.69. The minimum atomic E-state index is 0.858. The van der Waals surface area contributed by atoms with Crippen LogP contribution in [-0.4, -0.2) is 51.5 Å². The molecule has 5 nitrogen and oxygen atoms in total. The van der Waals surface area contributed by atoms with E-state index in [-0.39, 0.29) is 0 Å². The molecule has 0 aliphatic rings. The summed E-state index contributed by atoms with van der Waals surface area (Å²) >= 11 is 0. The van der Waals surface area contributed by atoms with Crippen molar-refractivity contribution in [1.29, 1.82) is 0 Å². The first-order chi connectivity index (χ1) is 12.6. The zero-order chi connectivity index (χ0) is 18.4. The molecule has 0 amide bonds. The lowest BCUT2D eigenvalue weighted by molar-refractivity contribution is 0.224. The van der Waals surface area contributed by atoms with E-state index in [1.54, 1.807) is 0 Å². The molecule has 5 heteroatoms. The Kier molecular flexibility index (Phi) is 6.15. The average Bonchev–Trinajstić information content (AvgIpc) is 3.07. The molecule has 26 heavy (non-hydrogen) atoms. The molecule has 0 unspecified atom stereocenters. The lowest BCUT2D eigenvalue weighted by Gasteiger charge is -2.24. The standard InChI is InChI=1S/C21H27N5/c1-18-22-12-13-26(18)21-9-7-19(8-10-21)16-25(15-14-24(2)3)17-20-6-4-5-11-23-20/h4-13H,14-17H2,1-3H3. The normalized spacial score (nSPS) is 11.4. The molecule has 0 aliphatic heterocycles. The molecule has 0 fully saturated rings. The third-order valence-electron chi connectivity index (χ3n) is 4.42. The minimum absolute atomic E-state index is 0.858. The van der Waals surface area contributed by atoms with Crippen molar-refractivity contribution in [1.82, 2.24) is 24.3 Å². The number of hydrogen-bond acceptors (Lipinski definition) is 4. The Morgan fingerprint density at radius 1 is 0.885 bits per heavy atom. The SMILES string of the molecule is Cc1nccn1-c1ccc(CN(CCN(C)C)Cc2ccccn2)cc1. The molecule has 0 saturated carbocycles. The Balaban J connectivity index is 1.70. The Bertz CT molecular complexity index is 793. The number of benzene rings is 1. The smallest absolute Gasteiger partial charge is 0.110 e. The third-order valence-corrected chi connectivity index (χ3v) is 4.42. The van der Waals surface area contributed by atoms with Gasteiger partial charge < -0.3 is 9.47 Å². The lowest BCUT2D eigenvalue weighted by atomic mass is 10.2. The van der Waals surface area contributed by atoms with Crippen molar-refractivity contribution in [2.75, 3.05) is 27.2 Å². The van der Waals surface area contributed by atoms with Gasteiger partial charge in [-0.05, 0) is 50.8 Å². The maximum Gasteiger partial charge on any atom is 0.110 e. The summed E-state index contributed by atoms with van der Waals surface area (Å²) in [4.78, 5) is 13.4. The first-order valence-corrected chi connectivity index (χ1v) is 8.98. The zero-order valence-electron chi connectivity index (χ0n) is 15.8. The molecule has 0 aliphatic carbocycles. The minimum Gasteiger partial charge on any atom is -0.308 e. The molecule has 0 N–H and O–H groups in total. The molecule has 0 saturated heterocycles. The van der Waals surface area contributed by atoms with E-state index in [4.69, 9.17) is 0 Å². The van der Waals surface area contributed by atoms with Gasteiger partial charge in [-0.1, -0.05) is 18.2 Å². The molecule has 0 radical (unpaired) electrons. The monoisotopic (exact) mass is 349 g/mol. The summed E-state index contributed by atoms with van der Waals surface area (Å²) < 4.78 is 2.10. The number of rotatable bonds is 8. The fourth-order valence-electron chi connectivity index (χ4n) is 2.95. The molecule has 0 atom stereocenters. The number of nitrogens with zero attached hydrogens (tertiary/aromatic N) is 5. The fraction of sp³-hybridized carbons (Fsp3) is 0.333. The quantitative estimate of drug-likeness (QED) is 0.626. The Morgan fingerprint density at radius 2 is 1.69 bits per heavy atom. The fourth-order valence-corrected chi connectivity index (χ4v) is 2.95. The second-order valence-electron chi connectivity index (χ2n) is 6.85. The highest BCUT2D eigenvalue weighted by atomic mass is 15.2. The van der Waals surface area contributed by atoms with Crippen molar-refractivity contribution in [2.24, 2.45) is 0 Å². The topological polar surface area (TPSA) is 37.2 Å². The first kappa shape index (κ1) is 18.3. The lowest BCUT2D eigenvalue weighted by Crippen LogP contribution is -2.31. The van der Waals surface area contributed by atoms with Crippen LogP contribution in [0.15, 0.2) is 61.1 Å². The second-order valence-corrected chi connectivity index (χ2v) is 6.85. The van der Waals surface area contributed by atoms with Gasteiger partial charge in [0, 0.05) is 50.5 Å². The van der Waals surface area contributed by atoms with Gasteiger partial charge in [0.15, 0.2) is 0 Å². The Morgan fingerprint density at radius 3 is 2.31 bits per heavy atom. The number of aromatic nitrogens is 3. The van der Waals surface area contributed by atoms with Crippen LogP contribution >= 0.6 is 0 Å². The molecule has 0 bridgehead atoms. The van der Waals surface area contributed by atoms with Gasteiger partial charge in [-0.2, -0.15) is 0 Å². The molecule has 2 heterocycles. The van der Waals surface area contributed by atoms with E-state index < -0.39 is 0 Å². The summed E-state index contributed by atoms with van der Waals surface area (Å²) in [5.41, 5.74) is 3.56. The van der Waals surface area contributed by atoms with Crippen LogP contribution < -0.4 is 0 Å². The summed E-state index contributed by atoms with van der Waals surface area (Å²) in [6.45, 7) is 5.82. The van der Waals surface area contributed by atoms with E-state index >= 15 is 0 Å². The van der Waals surface area contributed by atoms with E-state index in [0.717, 1.165) is 43.4 Å². The number of hydrogen-bond donors (Lipinski definition) is 0. The van der Waals surface area contributed by atoms with Crippen LogP contribution in [0.3, 0.4) is 0 Å². The zero-order valence-corrected chi connectivity index (χ0v) is 15.8. The van der Waals surface area contributed by atoms with Gasteiger partial charge >= 0.3 is 0 Å². The largest absolute Gasteiger partial charge is 0.308 e. The predicted octanol–water partition coefficient (Wildman–Crippen LogP) is 3.14. The number of imidazole rings is 1. The second kappa shape index (κ2) is 8.74. The molecule has 0 spiro atoms. The maximum absolute atomic E-state index is 4.48. The molecule has 3 aromatic rings. The van der Waals surface area contributed by atoms with Crippen LogP contribution in [0.25, 0.3) is 5.69 Å². The van der Waals surface area contributed by atoms with Crippen LogP contribution in [0, 0.1) is 6.92 Å². The summed E-state index contributed by atoms with van der Waals surface area (Å²) in [7, 11) is 4.22. The van der Waals surface area contributed by atoms with Crippen molar-refractivity contribution in [3.8, 4) is 5.69 Å². The van der Waals surface area contributed by atoms with Crippen LogP contribution in [0.1, 0.15) is 17.1 Å². The van der Waals surface area contributed by atoms with Crippen LogP contribution in [0.2, 0.25) is 0 Å². The van der Waals surface area contributed by atoms with Crippen molar-refractivity contribution >= 4 is 0 Å². The van der Waals surface area contributed by atoms with Crippen molar-refractivity contribution in [2.45, 2.75) is 20.0 Å². The highest BCUT2D eigenvalue weighted by Gasteiger charge is 2.09. The van der Waals surface area contributed by atoms with Gasteiger partial charge in [0.1, 0.15) is 5.82 Å². The highest BCUT2D eigenvalue weighted by Crippen LogP contribution is 2.14. The number of pyridine rings is 1. The van der Waals surface area contributed by atoms with Crippen molar-refractivity contribution in [3.63, 3.8) is 0 Å². The molecular formula is C21H27N5. The predicted molar refractivity (Wildman–Crippen MR) is 105 cm³/mol. The van der Waals surface area contributed by atoms with Crippen molar-refractivity contribution < 1.29 is 0 Å². The summed E-state index contributed by atoms with van der Waals surface area (Å²) in [5, 5.41) is 0. The van der Waals surface area contributed by atoms with Gasteiger partial charge in [-0.15, -0.1) is 0 Å². The molecule has 136 valence electrons. The Labute approximate surface area is 155 Å². The van der Waals surface area contributed by atoms with E-state index in [9.17, 15) is 0 Å². The van der Waals surface area contributed by atoms with E-state index in [2.05, 4.69) is 74.8 Å². The highest BCUT2D eigenvalue weighted by molar-refractivity contribution is 5.35. The number of aryl methyl sites for hydroxylation is 1. The number of likely N-dealkylation sites (N-methyl/N-ethyl adjacent to an activating group) is 1. The molecular weight excluding hydrogens is 322 g/mol. The summed E-state index contributed by atoms with van der Waals surface area (Å²) in [5.74, 6) is 1.00. The van der Waals surface area contributed by atoms with Gasteiger partial charge in [0.25, 0.3) is 0 Å². The van der Waals surface area contributed by atoms with Crippen LogP contribution in [0.4, 0.5) is 0 Å². The van der Waals surface area contributed by atoms with Gasteiger partial charge in [0.05, 0.1) is 5.69 Å². The maximum atomic E-state index is 4.48. The van der Waals surface area contributed by atoms with E-state index in [1.807, 2.05) is 31.6 Å². The third kappa shape index (κ3) is 5.00. The van der Waals surface area contributed by atoms with Crippen molar-refractivity contribution in [3.05, 3.63) is 78.1 Å². The summed E-state index contributed by atoms with van der Waals surface area (Å²) in [6, 6.07) is 14.8. The van der Waals surface area contributed by atoms with Gasteiger partial charge in [0.2, 0.25) is 0 Å². The first-order valence-electron chi connectivity index (χ1n) is 8.98. The van der Waals surface area contributed by atoms with Gasteiger partial charge in [-0.3, -0.25) is 9.88 Å². The van der Waals surface area contributed by atoms with E-state index in [1.165, 1.54) is 5.56 Å². The Hall–Kier alpha value is -2.50. The van der Waals surface area contributed by atoms with Crippen LogP contribution in [-0.2, 0) is 13.1 Å². The molecule has 2 aromatic heterocycles. The van der Waals surface area contributed by atoms with E-state index in [0.29, 0.717) is 0 Å². The molecule has 1 aromatic carbocycles. The van der Waals surface area contributed by atoms with Gasteiger partial charge in [-0.25, -0.2) is 4.98 Å².